The van der Waals surface area contributed by atoms with Crippen molar-refractivity contribution in [3.8, 4) is 0 Å². The van der Waals surface area contributed by atoms with Crippen molar-refractivity contribution in [1.29, 1.82) is 10.8 Å². The highest BCUT2D eigenvalue weighted by Gasteiger charge is 2.43. The van der Waals surface area contributed by atoms with Gasteiger partial charge in [0, 0.05) is 23.1 Å². The minimum Gasteiger partial charge on any atom is -0.405 e. The number of ether oxygens (including phenoxy) is 2. The number of aliphatic imine (C=N–C) groups is 1. The first-order valence-electron chi connectivity index (χ1n) is 12.4. The van der Waals surface area contributed by atoms with E-state index in [-0.39, 0.29) is 11.3 Å². The van der Waals surface area contributed by atoms with Crippen molar-refractivity contribution in [2.45, 2.75) is 31.3 Å². The summed E-state index contributed by atoms with van der Waals surface area (Å²) < 4.78 is 11.1. The molecule has 0 bridgehead atoms. The predicted octanol–water partition coefficient (Wildman–Crippen LogP) is 3.67. The molecule has 3 aliphatic rings. The monoisotopic (exact) mass is 529 g/mol. The van der Waals surface area contributed by atoms with Crippen LogP contribution in [0.4, 0.5) is 10.7 Å². The van der Waals surface area contributed by atoms with Crippen LogP contribution in [0.2, 0.25) is 0 Å². The number of benzodiazepines with no additional fused rings is 1. The molecule has 3 aromatic rings. The fraction of sp³-hybridized carbons (Fsp3) is 0.296. The highest BCUT2D eigenvalue weighted by molar-refractivity contribution is 7.16. The average Bonchev–Trinajstić information content (AvgIpc) is 3.31. The van der Waals surface area contributed by atoms with Crippen LogP contribution in [0.3, 0.4) is 0 Å². The lowest BCUT2D eigenvalue weighted by atomic mass is 10.0. The summed E-state index contributed by atoms with van der Waals surface area (Å²) in [5, 5.41) is 24.4. The fourth-order valence-electron chi connectivity index (χ4n) is 4.39. The lowest BCUT2D eigenvalue weighted by Crippen LogP contribution is -2.43. The molecule has 0 radical (unpaired) electrons. The number of nitrogens with zero attached hydrogens (tertiary/aromatic N) is 3. The number of amides is 1. The number of carbonyl (C=O) groups is 1. The van der Waals surface area contributed by atoms with Crippen molar-refractivity contribution in [1.82, 2.24) is 10.3 Å². The zero-order chi connectivity index (χ0) is 26.3. The molecule has 1 aliphatic carbocycles. The predicted molar refractivity (Wildman–Crippen MR) is 147 cm³/mol. The number of aromatic nitrogens is 1. The number of amidine groups is 1. The molecule has 1 aromatic heterocycles. The number of thiazole rings is 1. The van der Waals surface area contributed by atoms with Crippen molar-refractivity contribution >= 4 is 45.6 Å². The van der Waals surface area contributed by atoms with E-state index in [0.29, 0.717) is 37.0 Å². The van der Waals surface area contributed by atoms with Gasteiger partial charge in [-0.2, -0.15) is 0 Å². The van der Waals surface area contributed by atoms with E-state index >= 15 is 0 Å². The molecule has 10 nitrogen and oxygen atoms in total. The molecule has 11 heteroatoms. The molecule has 2 fully saturated rings. The third-order valence-corrected chi connectivity index (χ3v) is 8.27. The first-order chi connectivity index (χ1) is 18.4. The Morgan fingerprint density at radius 1 is 1.18 bits per heavy atom. The maximum absolute atomic E-state index is 13.1. The summed E-state index contributed by atoms with van der Waals surface area (Å²) in [6.07, 6.45) is 0.978. The zero-order valence-corrected chi connectivity index (χ0v) is 21.6. The van der Waals surface area contributed by atoms with E-state index in [1.165, 1.54) is 0 Å². The number of carbonyl (C=O) groups excluding carboxylic acids is 1. The van der Waals surface area contributed by atoms with Gasteiger partial charge in [-0.05, 0) is 18.9 Å². The van der Waals surface area contributed by atoms with Crippen molar-refractivity contribution < 1.29 is 14.3 Å². The third kappa shape index (κ3) is 4.66. The molecule has 6 rings (SSSR count). The van der Waals surface area contributed by atoms with Gasteiger partial charge >= 0.3 is 0 Å². The van der Waals surface area contributed by atoms with E-state index in [9.17, 15) is 4.79 Å². The van der Waals surface area contributed by atoms with Gasteiger partial charge < -0.3 is 25.0 Å². The second kappa shape index (κ2) is 9.66. The van der Waals surface area contributed by atoms with Crippen molar-refractivity contribution in [3.05, 3.63) is 76.4 Å². The van der Waals surface area contributed by atoms with Crippen LogP contribution >= 0.6 is 11.3 Å². The van der Waals surface area contributed by atoms with Crippen LogP contribution < -0.4 is 15.5 Å². The number of fused-ring (bicyclic) bond motifs is 1. The molecule has 0 spiro atoms. The number of para-hydroxylation sites is 1. The van der Waals surface area contributed by atoms with Gasteiger partial charge in [-0.15, -0.1) is 11.3 Å². The number of hydrogen-bond acceptors (Lipinski definition) is 9. The maximum atomic E-state index is 13.1. The Labute approximate surface area is 223 Å². The van der Waals surface area contributed by atoms with E-state index in [2.05, 4.69) is 22.5 Å². The topological polar surface area (TPSA) is 136 Å². The van der Waals surface area contributed by atoms with Crippen LogP contribution in [0.15, 0.2) is 59.6 Å². The lowest BCUT2D eigenvalue weighted by Gasteiger charge is -2.17. The summed E-state index contributed by atoms with van der Waals surface area (Å²) >= 11 is 1.55. The van der Waals surface area contributed by atoms with E-state index in [1.807, 2.05) is 59.5 Å². The summed E-state index contributed by atoms with van der Waals surface area (Å²) in [5.41, 5.74) is 3.26. The molecule has 1 atom stereocenters. The molecular weight excluding hydrogens is 502 g/mol. The van der Waals surface area contributed by atoms with Crippen LogP contribution in [0.5, 0.6) is 0 Å². The number of rotatable bonds is 5. The first-order valence-corrected chi connectivity index (χ1v) is 13.2. The SMILES string of the molecule is CC1(c2nc(C(=N)OC(=N)NC3N=C(c4ccccc4)c4ccccc4NC3=O)c(N3CCOC3)s2)CC1. The second-order valence-electron chi connectivity index (χ2n) is 9.72. The van der Waals surface area contributed by atoms with Crippen molar-refractivity contribution in [2.24, 2.45) is 4.99 Å². The first kappa shape index (κ1) is 24.3. The molecule has 1 amide bonds. The number of anilines is 2. The van der Waals surface area contributed by atoms with E-state index < -0.39 is 18.1 Å². The summed E-state index contributed by atoms with van der Waals surface area (Å²) in [6.45, 7) is 3.90. The Morgan fingerprint density at radius 2 is 1.95 bits per heavy atom. The van der Waals surface area contributed by atoms with Gasteiger partial charge in [-0.3, -0.25) is 15.6 Å². The summed E-state index contributed by atoms with van der Waals surface area (Å²) in [4.78, 5) is 24.5. The summed E-state index contributed by atoms with van der Waals surface area (Å²) in [7, 11) is 0. The van der Waals surface area contributed by atoms with Crippen molar-refractivity contribution in [2.75, 3.05) is 30.1 Å². The number of hydrogen-bond donors (Lipinski definition) is 4. The molecule has 4 N–H and O–H groups in total. The molecule has 1 saturated heterocycles. The van der Waals surface area contributed by atoms with Gasteiger partial charge in [0.05, 0.1) is 18.0 Å². The highest BCUT2D eigenvalue weighted by atomic mass is 32.1. The van der Waals surface area contributed by atoms with Crippen LogP contribution in [0, 0.1) is 10.8 Å². The maximum Gasteiger partial charge on any atom is 0.290 e. The van der Waals surface area contributed by atoms with Gasteiger partial charge in [0.25, 0.3) is 11.9 Å². The molecule has 38 heavy (non-hydrogen) atoms. The minimum absolute atomic E-state index is 0.0281. The smallest absolute Gasteiger partial charge is 0.290 e. The van der Waals surface area contributed by atoms with Crippen molar-refractivity contribution in [3.63, 3.8) is 0 Å². The Bertz CT molecular complexity index is 1440. The number of benzene rings is 2. The molecule has 194 valence electrons. The largest absolute Gasteiger partial charge is 0.405 e. The Morgan fingerprint density at radius 3 is 2.68 bits per heavy atom. The Kier molecular flexibility index (Phi) is 6.16. The van der Waals surface area contributed by atoms with Crippen LogP contribution in [-0.4, -0.2) is 54.6 Å². The zero-order valence-electron chi connectivity index (χ0n) is 20.8. The number of nitrogens with one attached hydrogen (secondary N) is 4. The lowest BCUT2D eigenvalue weighted by molar-refractivity contribution is -0.117. The quantitative estimate of drug-likeness (QED) is 0.294. The van der Waals surface area contributed by atoms with Crippen LogP contribution in [0.1, 0.15) is 41.6 Å². The molecule has 3 heterocycles. The molecule has 2 aliphatic heterocycles. The van der Waals surface area contributed by atoms with Gasteiger partial charge in [-0.1, -0.05) is 55.5 Å². The summed E-state index contributed by atoms with van der Waals surface area (Å²) in [6, 6.07) is 16.5. The second-order valence-corrected chi connectivity index (χ2v) is 10.7. The fourth-order valence-corrected chi connectivity index (χ4v) is 5.67. The highest BCUT2D eigenvalue weighted by Crippen LogP contribution is 2.51. The van der Waals surface area contributed by atoms with E-state index in [4.69, 9.17) is 25.3 Å². The Hall–Kier alpha value is -4.09. The normalized spacial score (nSPS) is 19.6. The van der Waals surface area contributed by atoms with Gasteiger partial charge in [0.2, 0.25) is 12.1 Å². The molecule has 1 unspecified atom stereocenters. The van der Waals surface area contributed by atoms with E-state index in [0.717, 1.165) is 34.0 Å². The molecule has 1 saturated carbocycles. The molecular formula is C27H27N7O3S. The standard InChI is InChI=1S/C27H27N7O3S/c1-27(11-12-27)25-32-20(24(38-25)34-13-14-36-15-34)21(28)37-26(29)33-22-23(35)30-18-10-6-5-9-17(18)19(31-22)16-7-3-2-4-8-16/h2-10,22,28H,11-15H2,1H3,(H2,29,33)(H,30,35). The van der Waals surface area contributed by atoms with E-state index in [1.54, 1.807) is 11.3 Å². The van der Waals surface area contributed by atoms with Crippen LogP contribution in [-0.2, 0) is 19.7 Å². The average molecular weight is 530 g/mol. The van der Waals surface area contributed by atoms with Gasteiger partial charge in [-0.25, -0.2) is 9.98 Å². The van der Waals surface area contributed by atoms with Gasteiger partial charge in [0.15, 0.2) is 5.69 Å². The summed E-state index contributed by atoms with van der Waals surface area (Å²) in [5.74, 6) is -0.698. The third-order valence-electron chi connectivity index (χ3n) is 6.85. The Balaban J connectivity index is 1.24. The minimum atomic E-state index is -1.14. The van der Waals surface area contributed by atoms with Crippen LogP contribution in [0.25, 0.3) is 0 Å². The molecule has 2 aromatic carbocycles. The van der Waals surface area contributed by atoms with Gasteiger partial charge in [0.1, 0.15) is 16.7 Å².